The lowest BCUT2D eigenvalue weighted by atomic mass is 9.91. The Morgan fingerprint density at radius 1 is 1.45 bits per heavy atom. The number of nitrogens with zero attached hydrogens (tertiary/aromatic N) is 2. The zero-order chi connectivity index (χ0) is 14.9. The highest BCUT2D eigenvalue weighted by atomic mass is 19.4. The molecule has 1 heterocycles. The van der Waals surface area contributed by atoms with E-state index >= 15 is 0 Å². The predicted octanol–water partition coefficient (Wildman–Crippen LogP) is 1.48. The average molecular weight is 290 g/mol. The average Bonchev–Trinajstić information content (AvgIpc) is 2.32. The lowest BCUT2D eigenvalue weighted by molar-refractivity contribution is -0.138. The van der Waals surface area contributed by atoms with Crippen LogP contribution in [0.4, 0.5) is 18.9 Å². The number of rotatable bonds is 2. The molecule has 0 bridgehead atoms. The van der Waals surface area contributed by atoms with Gasteiger partial charge < -0.3 is 11.1 Å². The van der Waals surface area contributed by atoms with Gasteiger partial charge in [0.05, 0.1) is 11.9 Å². The summed E-state index contributed by atoms with van der Waals surface area (Å²) in [5.41, 5.74) is 3.20. The van der Waals surface area contributed by atoms with Crippen LogP contribution in [0.5, 0.6) is 0 Å². The molecule has 0 saturated heterocycles. The van der Waals surface area contributed by atoms with Crippen LogP contribution in [-0.4, -0.2) is 21.9 Å². The van der Waals surface area contributed by atoms with Crippen molar-refractivity contribution in [1.29, 1.82) is 0 Å². The number of nitrogens with two attached hydrogens (primary N) is 1. The molecule has 0 aliphatic heterocycles. The Bertz CT molecular complexity index is 540. The standard InChI is InChI=1S/C12H17F3N4O/c1-19-11(20)10(12(13,14)15)9(6-17-19)18-8-4-2-3-7(16)5-8/h6-8,18H,2-5,16H2,1H3/t7-,8+/m1/s1. The fraction of sp³-hybridized carbons (Fsp3) is 0.667. The highest BCUT2D eigenvalue weighted by molar-refractivity contribution is 5.50. The van der Waals surface area contributed by atoms with Gasteiger partial charge in [-0.15, -0.1) is 0 Å². The van der Waals surface area contributed by atoms with Crippen LogP contribution in [0.2, 0.25) is 0 Å². The Hall–Kier alpha value is -1.57. The Balaban J connectivity index is 2.32. The van der Waals surface area contributed by atoms with E-state index in [0.717, 1.165) is 25.5 Å². The molecular formula is C12H17F3N4O. The zero-order valence-electron chi connectivity index (χ0n) is 11.1. The molecule has 8 heteroatoms. The monoisotopic (exact) mass is 290 g/mol. The zero-order valence-corrected chi connectivity index (χ0v) is 11.1. The molecule has 112 valence electrons. The van der Waals surface area contributed by atoms with Crippen LogP contribution in [0.3, 0.4) is 0 Å². The van der Waals surface area contributed by atoms with Gasteiger partial charge >= 0.3 is 6.18 Å². The second kappa shape index (κ2) is 5.43. The number of nitrogens with one attached hydrogen (secondary N) is 1. The summed E-state index contributed by atoms with van der Waals surface area (Å²) in [5.74, 6) is 0. The fourth-order valence-corrected chi connectivity index (χ4v) is 2.50. The summed E-state index contributed by atoms with van der Waals surface area (Å²) in [6.07, 6.45) is -0.606. The van der Waals surface area contributed by atoms with Crippen molar-refractivity contribution in [3.8, 4) is 0 Å². The smallest absolute Gasteiger partial charge is 0.380 e. The molecule has 3 N–H and O–H groups in total. The Morgan fingerprint density at radius 3 is 2.75 bits per heavy atom. The first-order valence-corrected chi connectivity index (χ1v) is 6.44. The van der Waals surface area contributed by atoms with Crippen LogP contribution < -0.4 is 16.6 Å². The first kappa shape index (κ1) is 14.8. The van der Waals surface area contributed by atoms with E-state index in [1.807, 2.05) is 0 Å². The van der Waals surface area contributed by atoms with Gasteiger partial charge in [0.25, 0.3) is 5.56 Å². The number of halogens is 3. The van der Waals surface area contributed by atoms with Gasteiger partial charge in [0.1, 0.15) is 5.56 Å². The van der Waals surface area contributed by atoms with Crippen LogP contribution in [0, 0.1) is 0 Å². The molecule has 1 aliphatic carbocycles. The van der Waals surface area contributed by atoms with E-state index in [1.54, 1.807) is 0 Å². The molecule has 0 spiro atoms. The summed E-state index contributed by atoms with van der Waals surface area (Å²) < 4.78 is 39.7. The Morgan fingerprint density at radius 2 is 2.15 bits per heavy atom. The molecule has 1 aromatic heterocycles. The highest BCUT2D eigenvalue weighted by Gasteiger charge is 2.38. The molecule has 0 unspecified atom stereocenters. The molecule has 2 atom stereocenters. The second-order valence-corrected chi connectivity index (χ2v) is 5.13. The van der Waals surface area contributed by atoms with Crippen molar-refractivity contribution >= 4 is 5.69 Å². The van der Waals surface area contributed by atoms with Crippen molar-refractivity contribution in [3.05, 3.63) is 22.1 Å². The Labute approximate surface area is 114 Å². The van der Waals surface area contributed by atoms with E-state index in [-0.39, 0.29) is 17.8 Å². The molecule has 1 aromatic rings. The van der Waals surface area contributed by atoms with Gasteiger partial charge in [-0.1, -0.05) is 0 Å². The van der Waals surface area contributed by atoms with E-state index in [2.05, 4.69) is 10.4 Å². The fourth-order valence-electron chi connectivity index (χ4n) is 2.50. The molecule has 1 aliphatic rings. The molecule has 20 heavy (non-hydrogen) atoms. The van der Waals surface area contributed by atoms with Gasteiger partial charge in [0, 0.05) is 19.1 Å². The third-order valence-corrected chi connectivity index (χ3v) is 3.50. The summed E-state index contributed by atoms with van der Waals surface area (Å²) in [4.78, 5) is 11.7. The number of aryl methyl sites for hydroxylation is 1. The van der Waals surface area contributed by atoms with E-state index in [4.69, 9.17) is 5.73 Å². The minimum absolute atomic E-state index is 0.0184. The first-order chi connectivity index (χ1) is 9.29. The minimum Gasteiger partial charge on any atom is -0.380 e. The van der Waals surface area contributed by atoms with Crippen molar-refractivity contribution < 1.29 is 13.2 Å². The summed E-state index contributed by atoms with van der Waals surface area (Å²) in [6, 6.07) is -0.177. The van der Waals surface area contributed by atoms with Crippen molar-refractivity contribution in [2.24, 2.45) is 12.8 Å². The molecule has 0 radical (unpaired) electrons. The molecule has 1 saturated carbocycles. The topological polar surface area (TPSA) is 72.9 Å². The summed E-state index contributed by atoms with van der Waals surface area (Å²) in [6.45, 7) is 0. The van der Waals surface area contributed by atoms with Crippen LogP contribution >= 0.6 is 0 Å². The summed E-state index contributed by atoms with van der Waals surface area (Å²) >= 11 is 0. The quantitative estimate of drug-likeness (QED) is 0.865. The van der Waals surface area contributed by atoms with E-state index in [0.29, 0.717) is 11.1 Å². The second-order valence-electron chi connectivity index (χ2n) is 5.13. The highest BCUT2D eigenvalue weighted by Crippen LogP contribution is 2.33. The number of alkyl halides is 3. The van der Waals surface area contributed by atoms with Crippen molar-refractivity contribution in [2.75, 3.05) is 5.32 Å². The molecule has 2 rings (SSSR count). The third-order valence-electron chi connectivity index (χ3n) is 3.50. The first-order valence-electron chi connectivity index (χ1n) is 6.44. The lowest BCUT2D eigenvalue weighted by Gasteiger charge is -2.28. The van der Waals surface area contributed by atoms with Gasteiger partial charge in [-0.05, 0) is 25.7 Å². The Kier molecular flexibility index (Phi) is 4.03. The lowest BCUT2D eigenvalue weighted by Crippen LogP contribution is -2.37. The maximum absolute atomic E-state index is 13.0. The van der Waals surface area contributed by atoms with Gasteiger partial charge in [-0.2, -0.15) is 18.3 Å². The maximum Gasteiger partial charge on any atom is 0.423 e. The molecule has 0 amide bonds. The van der Waals surface area contributed by atoms with Gasteiger partial charge in [-0.3, -0.25) is 4.79 Å². The van der Waals surface area contributed by atoms with Crippen LogP contribution in [0.1, 0.15) is 31.2 Å². The molecule has 5 nitrogen and oxygen atoms in total. The van der Waals surface area contributed by atoms with E-state index in [1.165, 1.54) is 7.05 Å². The molecular weight excluding hydrogens is 273 g/mol. The summed E-state index contributed by atoms with van der Waals surface area (Å²) in [7, 11) is 1.19. The SMILES string of the molecule is Cn1ncc(N[C@H]2CCC[C@@H](N)C2)c(C(F)(F)F)c1=O. The number of hydrogen-bond acceptors (Lipinski definition) is 4. The largest absolute Gasteiger partial charge is 0.423 e. The number of aromatic nitrogens is 2. The molecule has 0 aromatic carbocycles. The van der Waals surface area contributed by atoms with Crippen molar-refractivity contribution in [1.82, 2.24) is 9.78 Å². The minimum atomic E-state index is -4.71. The van der Waals surface area contributed by atoms with E-state index < -0.39 is 17.3 Å². The number of anilines is 1. The van der Waals surface area contributed by atoms with Gasteiger partial charge in [-0.25, -0.2) is 4.68 Å². The normalized spacial score (nSPS) is 23.6. The van der Waals surface area contributed by atoms with E-state index in [9.17, 15) is 18.0 Å². The molecule has 1 fully saturated rings. The van der Waals surface area contributed by atoms with Crippen molar-refractivity contribution in [2.45, 2.75) is 43.9 Å². The van der Waals surface area contributed by atoms with Crippen molar-refractivity contribution in [3.63, 3.8) is 0 Å². The maximum atomic E-state index is 13.0. The summed E-state index contributed by atoms with van der Waals surface area (Å²) in [5, 5.41) is 6.43. The van der Waals surface area contributed by atoms with Crippen LogP contribution in [-0.2, 0) is 13.2 Å². The van der Waals surface area contributed by atoms with Gasteiger partial charge in [0.2, 0.25) is 0 Å². The predicted molar refractivity (Wildman–Crippen MR) is 68.3 cm³/mol. The van der Waals surface area contributed by atoms with Crippen LogP contribution in [0.25, 0.3) is 0 Å². The van der Waals surface area contributed by atoms with Crippen LogP contribution in [0.15, 0.2) is 11.0 Å². The third kappa shape index (κ3) is 3.12. The van der Waals surface area contributed by atoms with Gasteiger partial charge in [0.15, 0.2) is 0 Å². The number of hydrogen-bond donors (Lipinski definition) is 2.